The second-order valence-electron chi connectivity index (χ2n) is 6.10. The zero-order chi connectivity index (χ0) is 18.2. The lowest BCUT2D eigenvalue weighted by molar-refractivity contribution is 0.507. The first-order valence-corrected chi connectivity index (χ1v) is 8.77. The van der Waals surface area contributed by atoms with E-state index in [4.69, 9.17) is 4.42 Å². The molecule has 144 valence electrons. The van der Waals surface area contributed by atoms with Crippen molar-refractivity contribution in [3.63, 3.8) is 0 Å². The molecule has 2 aromatic heterocycles. The maximum absolute atomic E-state index is 5.34. The van der Waals surface area contributed by atoms with Crippen LogP contribution < -0.4 is 10.6 Å². The number of aryl methyl sites for hydroxylation is 1. The summed E-state index contributed by atoms with van der Waals surface area (Å²) in [5.41, 5.74) is 2.47. The SMILES string of the molecule is CN=C(NCCc1ccco1)NCc1cccc(Cn2ccnc2C)c1.I. The van der Waals surface area contributed by atoms with E-state index in [2.05, 4.69) is 49.4 Å². The Morgan fingerprint density at radius 3 is 2.74 bits per heavy atom. The molecule has 27 heavy (non-hydrogen) atoms. The first kappa shape index (κ1) is 21.0. The predicted molar refractivity (Wildman–Crippen MR) is 119 cm³/mol. The van der Waals surface area contributed by atoms with Crippen LogP contribution in [0.3, 0.4) is 0 Å². The van der Waals surface area contributed by atoms with Gasteiger partial charge in [0, 0.05) is 45.5 Å². The highest BCUT2D eigenvalue weighted by molar-refractivity contribution is 14.0. The van der Waals surface area contributed by atoms with Crippen molar-refractivity contribution in [2.75, 3.05) is 13.6 Å². The van der Waals surface area contributed by atoms with Gasteiger partial charge < -0.3 is 19.6 Å². The molecular formula is C20H26IN5O. The van der Waals surface area contributed by atoms with Gasteiger partial charge in [-0.3, -0.25) is 4.99 Å². The van der Waals surface area contributed by atoms with Gasteiger partial charge in [-0.05, 0) is 30.2 Å². The standard InChI is InChI=1S/C20H25N5O.HI/c1-16-22-10-11-25(16)15-18-6-3-5-17(13-18)14-24-20(21-2)23-9-8-19-7-4-12-26-19;/h3-7,10-13H,8-9,14-15H2,1-2H3,(H2,21,23,24);1H. The average molecular weight is 479 g/mol. The van der Waals surface area contributed by atoms with E-state index in [1.54, 1.807) is 13.3 Å². The van der Waals surface area contributed by atoms with E-state index in [-0.39, 0.29) is 24.0 Å². The summed E-state index contributed by atoms with van der Waals surface area (Å²) in [5.74, 6) is 2.78. The number of hydrogen-bond acceptors (Lipinski definition) is 3. The van der Waals surface area contributed by atoms with Crippen molar-refractivity contribution >= 4 is 29.9 Å². The zero-order valence-corrected chi connectivity index (χ0v) is 18.0. The predicted octanol–water partition coefficient (Wildman–Crippen LogP) is 3.36. The summed E-state index contributed by atoms with van der Waals surface area (Å²) in [7, 11) is 1.78. The fourth-order valence-electron chi connectivity index (χ4n) is 2.77. The van der Waals surface area contributed by atoms with Crippen molar-refractivity contribution < 1.29 is 4.42 Å². The topological polar surface area (TPSA) is 67.4 Å². The lowest BCUT2D eigenvalue weighted by Gasteiger charge is -2.12. The van der Waals surface area contributed by atoms with E-state index in [0.717, 1.165) is 43.6 Å². The van der Waals surface area contributed by atoms with Crippen LogP contribution >= 0.6 is 24.0 Å². The van der Waals surface area contributed by atoms with Crippen LogP contribution in [0.2, 0.25) is 0 Å². The molecule has 3 aromatic rings. The number of hydrogen-bond donors (Lipinski definition) is 2. The Morgan fingerprint density at radius 2 is 2.04 bits per heavy atom. The minimum Gasteiger partial charge on any atom is -0.469 e. The van der Waals surface area contributed by atoms with Crippen LogP contribution in [0, 0.1) is 6.92 Å². The number of guanidine groups is 1. The van der Waals surface area contributed by atoms with Gasteiger partial charge in [-0.2, -0.15) is 0 Å². The van der Waals surface area contributed by atoms with Crippen molar-refractivity contribution in [3.8, 4) is 0 Å². The summed E-state index contributed by atoms with van der Waals surface area (Å²) < 4.78 is 7.48. The first-order chi connectivity index (χ1) is 12.7. The largest absolute Gasteiger partial charge is 0.469 e. The monoisotopic (exact) mass is 479 g/mol. The van der Waals surface area contributed by atoms with E-state index in [0.29, 0.717) is 0 Å². The molecule has 0 fully saturated rings. The van der Waals surface area contributed by atoms with Gasteiger partial charge in [0.25, 0.3) is 0 Å². The maximum atomic E-state index is 5.34. The highest BCUT2D eigenvalue weighted by Gasteiger charge is 2.03. The van der Waals surface area contributed by atoms with Crippen molar-refractivity contribution in [3.05, 3.63) is 77.8 Å². The number of imidazole rings is 1. The van der Waals surface area contributed by atoms with Crippen molar-refractivity contribution in [2.45, 2.75) is 26.4 Å². The van der Waals surface area contributed by atoms with E-state index < -0.39 is 0 Å². The van der Waals surface area contributed by atoms with Gasteiger partial charge in [0.15, 0.2) is 5.96 Å². The number of nitrogens with one attached hydrogen (secondary N) is 2. The molecule has 3 rings (SSSR count). The molecule has 0 bridgehead atoms. The summed E-state index contributed by atoms with van der Waals surface area (Å²) >= 11 is 0. The number of nitrogens with zero attached hydrogens (tertiary/aromatic N) is 3. The Balaban J connectivity index is 0.00000261. The quantitative estimate of drug-likeness (QED) is 0.310. The van der Waals surface area contributed by atoms with E-state index in [9.17, 15) is 0 Å². The van der Waals surface area contributed by atoms with Gasteiger partial charge in [-0.15, -0.1) is 24.0 Å². The Kier molecular flexibility index (Phi) is 8.38. The number of aromatic nitrogens is 2. The van der Waals surface area contributed by atoms with Gasteiger partial charge in [0.1, 0.15) is 11.6 Å². The van der Waals surface area contributed by atoms with E-state index in [1.807, 2.05) is 31.5 Å². The molecule has 0 aliphatic rings. The van der Waals surface area contributed by atoms with E-state index >= 15 is 0 Å². The van der Waals surface area contributed by atoms with Gasteiger partial charge in [-0.25, -0.2) is 4.98 Å². The molecule has 6 nitrogen and oxygen atoms in total. The van der Waals surface area contributed by atoms with E-state index in [1.165, 1.54) is 11.1 Å². The molecule has 0 saturated heterocycles. The zero-order valence-electron chi connectivity index (χ0n) is 15.7. The Bertz CT molecular complexity index is 842. The number of furan rings is 1. The number of halogens is 1. The van der Waals surface area contributed by atoms with Crippen LogP contribution in [-0.4, -0.2) is 29.1 Å². The molecule has 0 radical (unpaired) electrons. The molecule has 1 aromatic carbocycles. The van der Waals surface area contributed by atoms with Gasteiger partial charge in [0.05, 0.1) is 6.26 Å². The Labute approximate surface area is 177 Å². The molecule has 2 heterocycles. The van der Waals surface area contributed by atoms with Gasteiger partial charge >= 0.3 is 0 Å². The normalized spacial score (nSPS) is 11.1. The van der Waals surface area contributed by atoms with Crippen molar-refractivity contribution in [1.29, 1.82) is 0 Å². The molecule has 0 saturated carbocycles. The first-order valence-electron chi connectivity index (χ1n) is 8.77. The van der Waals surface area contributed by atoms with Crippen LogP contribution in [0.4, 0.5) is 0 Å². The molecule has 0 amide bonds. The van der Waals surface area contributed by atoms with Crippen LogP contribution in [-0.2, 0) is 19.5 Å². The number of aliphatic imine (C=N–C) groups is 1. The highest BCUT2D eigenvalue weighted by atomic mass is 127. The molecule has 7 heteroatoms. The van der Waals surface area contributed by atoms with Crippen molar-refractivity contribution in [1.82, 2.24) is 20.2 Å². The third kappa shape index (κ3) is 6.42. The third-order valence-electron chi connectivity index (χ3n) is 4.20. The van der Waals surface area contributed by atoms with Crippen LogP contribution in [0.25, 0.3) is 0 Å². The van der Waals surface area contributed by atoms with Crippen molar-refractivity contribution in [2.24, 2.45) is 4.99 Å². The summed E-state index contributed by atoms with van der Waals surface area (Å²) in [4.78, 5) is 8.54. The van der Waals surface area contributed by atoms with Crippen LogP contribution in [0.1, 0.15) is 22.7 Å². The minimum atomic E-state index is 0. The third-order valence-corrected chi connectivity index (χ3v) is 4.20. The molecular weight excluding hydrogens is 453 g/mol. The minimum absolute atomic E-state index is 0. The molecule has 2 N–H and O–H groups in total. The van der Waals surface area contributed by atoms with Gasteiger partial charge in [0.2, 0.25) is 0 Å². The summed E-state index contributed by atoms with van der Waals surface area (Å²) in [6, 6.07) is 12.4. The Hall–Kier alpha value is -2.29. The lowest BCUT2D eigenvalue weighted by atomic mass is 10.1. The smallest absolute Gasteiger partial charge is 0.191 e. The second kappa shape index (κ2) is 10.8. The number of benzene rings is 1. The van der Waals surface area contributed by atoms with Crippen LogP contribution in [0.15, 0.2) is 64.5 Å². The maximum Gasteiger partial charge on any atom is 0.191 e. The summed E-state index contributed by atoms with van der Waals surface area (Å²) in [6.07, 6.45) is 6.36. The fraction of sp³-hybridized carbons (Fsp3) is 0.300. The lowest BCUT2D eigenvalue weighted by Crippen LogP contribution is -2.37. The Morgan fingerprint density at radius 1 is 1.19 bits per heavy atom. The summed E-state index contributed by atoms with van der Waals surface area (Å²) in [5, 5.41) is 6.66. The average Bonchev–Trinajstić information content (AvgIpc) is 3.31. The molecule has 0 spiro atoms. The molecule has 0 atom stereocenters. The van der Waals surface area contributed by atoms with Crippen LogP contribution in [0.5, 0.6) is 0 Å². The van der Waals surface area contributed by atoms with Gasteiger partial charge in [-0.1, -0.05) is 24.3 Å². The highest BCUT2D eigenvalue weighted by Crippen LogP contribution is 2.08. The fourth-order valence-corrected chi connectivity index (χ4v) is 2.77. The molecule has 0 unspecified atom stereocenters. The summed E-state index contributed by atoms with van der Waals surface area (Å²) in [6.45, 7) is 4.34. The molecule has 0 aliphatic carbocycles. The second-order valence-corrected chi connectivity index (χ2v) is 6.10. The number of rotatable bonds is 7. The molecule has 0 aliphatic heterocycles.